The van der Waals surface area contributed by atoms with E-state index in [0.29, 0.717) is 16.8 Å². The number of amides is 1. The van der Waals surface area contributed by atoms with Gasteiger partial charge in [0.1, 0.15) is 5.75 Å². The quantitative estimate of drug-likeness (QED) is 0.787. The van der Waals surface area contributed by atoms with E-state index in [1.807, 2.05) is 25.7 Å². The lowest BCUT2D eigenvalue weighted by Crippen LogP contribution is -2.53. The van der Waals surface area contributed by atoms with Crippen molar-refractivity contribution in [3.8, 4) is 5.75 Å². The molecule has 0 spiro atoms. The molecule has 0 unspecified atom stereocenters. The fourth-order valence-electron chi connectivity index (χ4n) is 3.15. The van der Waals surface area contributed by atoms with Crippen LogP contribution in [0.4, 0.5) is 0 Å². The molecule has 4 heteroatoms. The number of rotatable bonds is 5. The highest BCUT2D eigenvalue weighted by molar-refractivity contribution is 6.30. The van der Waals surface area contributed by atoms with Crippen molar-refractivity contribution in [3.63, 3.8) is 0 Å². The minimum atomic E-state index is -0.874. The maximum Gasteiger partial charge on any atom is 0.266 e. The van der Waals surface area contributed by atoms with Gasteiger partial charge in [0.15, 0.2) is 5.60 Å². The lowest BCUT2D eigenvalue weighted by molar-refractivity contribution is -0.148. The van der Waals surface area contributed by atoms with Gasteiger partial charge < -0.3 is 9.64 Å². The number of ether oxygens (including phenoxy) is 1. The summed E-state index contributed by atoms with van der Waals surface area (Å²) in [5, 5.41) is 0.661. The highest BCUT2D eigenvalue weighted by Gasteiger charge is 2.37. The number of likely N-dealkylation sites (N-methyl/N-ethyl adjacent to an activating group) is 1. The third kappa shape index (κ3) is 4.16. The van der Waals surface area contributed by atoms with Crippen molar-refractivity contribution in [2.75, 3.05) is 6.54 Å². The molecule has 1 fully saturated rings. The number of carbonyl (C=O) groups excluding carboxylic acids is 1. The van der Waals surface area contributed by atoms with Crippen LogP contribution in [0.1, 0.15) is 52.9 Å². The molecule has 3 nitrogen and oxygen atoms in total. The Morgan fingerprint density at radius 3 is 2.36 bits per heavy atom. The van der Waals surface area contributed by atoms with Crippen LogP contribution in [0, 0.1) is 0 Å². The Morgan fingerprint density at radius 2 is 1.82 bits per heavy atom. The second-order valence-corrected chi connectivity index (χ2v) is 6.89. The molecule has 0 N–H and O–H groups in total. The largest absolute Gasteiger partial charge is 0.478 e. The Balaban J connectivity index is 2.08. The molecule has 0 bridgehead atoms. The van der Waals surface area contributed by atoms with Crippen molar-refractivity contribution in [3.05, 3.63) is 29.3 Å². The van der Waals surface area contributed by atoms with Gasteiger partial charge in [0.2, 0.25) is 0 Å². The Morgan fingerprint density at radius 1 is 1.23 bits per heavy atom. The maximum atomic E-state index is 12.9. The molecular formula is C18H26ClNO2. The number of benzene rings is 1. The van der Waals surface area contributed by atoms with E-state index in [0.717, 1.165) is 19.4 Å². The topological polar surface area (TPSA) is 29.5 Å². The molecule has 122 valence electrons. The van der Waals surface area contributed by atoms with Crippen LogP contribution in [-0.4, -0.2) is 29.0 Å². The summed E-state index contributed by atoms with van der Waals surface area (Å²) in [4.78, 5) is 14.9. The Labute approximate surface area is 138 Å². The third-order valence-electron chi connectivity index (χ3n) is 4.32. The van der Waals surface area contributed by atoms with Gasteiger partial charge in [-0.15, -0.1) is 0 Å². The van der Waals surface area contributed by atoms with Crippen molar-refractivity contribution in [2.24, 2.45) is 0 Å². The van der Waals surface area contributed by atoms with Crippen molar-refractivity contribution >= 4 is 17.5 Å². The SMILES string of the molecule is CCN(C(=O)C(C)(C)Oc1ccc(Cl)cc1)C1CCCCC1. The third-order valence-corrected chi connectivity index (χ3v) is 4.57. The van der Waals surface area contributed by atoms with Gasteiger partial charge in [-0.1, -0.05) is 30.9 Å². The first-order valence-corrected chi connectivity index (χ1v) is 8.57. The van der Waals surface area contributed by atoms with Gasteiger partial charge in [0.25, 0.3) is 5.91 Å². The molecule has 1 aliphatic carbocycles. The summed E-state index contributed by atoms with van der Waals surface area (Å²) >= 11 is 5.89. The smallest absolute Gasteiger partial charge is 0.266 e. The number of halogens is 1. The minimum Gasteiger partial charge on any atom is -0.478 e. The lowest BCUT2D eigenvalue weighted by atomic mass is 9.93. The van der Waals surface area contributed by atoms with E-state index in [9.17, 15) is 4.79 Å². The average molecular weight is 324 g/mol. The summed E-state index contributed by atoms with van der Waals surface area (Å²) in [5.41, 5.74) is -0.874. The molecule has 1 amide bonds. The molecule has 0 saturated heterocycles. The van der Waals surface area contributed by atoms with Crippen LogP contribution in [0.3, 0.4) is 0 Å². The van der Waals surface area contributed by atoms with E-state index in [-0.39, 0.29) is 5.91 Å². The Bertz CT molecular complexity index is 492. The molecule has 1 saturated carbocycles. The first-order chi connectivity index (χ1) is 10.4. The fraction of sp³-hybridized carbons (Fsp3) is 0.611. The van der Waals surface area contributed by atoms with Gasteiger partial charge in [-0.05, 0) is 57.9 Å². The number of hydrogen-bond donors (Lipinski definition) is 0. The zero-order chi connectivity index (χ0) is 16.2. The highest BCUT2D eigenvalue weighted by Crippen LogP contribution is 2.27. The van der Waals surface area contributed by atoms with E-state index < -0.39 is 5.60 Å². The standard InChI is InChI=1S/C18H26ClNO2/c1-4-20(15-8-6-5-7-9-15)17(21)18(2,3)22-16-12-10-14(19)11-13-16/h10-13,15H,4-9H2,1-3H3. The molecule has 0 radical (unpaired) electrons. The van der Waals surface area contributed by atoms with Crippen LogP contribution in [0.25, 0.3) is 0 Å². The highest BCUT2D eigenvalue weighted by atomic mass is 35.5. The number of carbonyl (C=O) groups is 1. The van der Waals surface area contributed by atoms with E-state index in [1.54, 1.807) is 24.3 Å². The minimum absolute atomic E-state index is 0.0665. The van der Waals surface area contributed by atoms with Crippen LogP contribution in [0.15, 0.2) is 24.3 Å². The maximum absolute atomic E-state index is 12.9. The second-order valence-electron chi connectivity index (χ2n) is 6.45. The van der Waals surface area contributed by atoms with Gasteiger partial charge in [-0.25, -0.2) is 0 Å². The first kappa shape index (κ1) is 17.1. The molecule has 22 heavy (non-hydrogen) atoms. The van der Waals surface area contributed by atoms with Crippen LogP contribution in [0.2, 0.25) is 5.02 Å². The summed E-state index contributed by atoms with van der Waals surface area (Å²) in [6.07, 6.45) is 5.93. The average Bonchev–Trinajstić information content (AvgIpc) is 2.51. The molecule has 0 aliphatic heterocycles. The van der Waals surface area contributed by atoms with Gasteiger partial charge in [-0.2, -0.15) is 0 Å². The van der Waals surface area contributed by atoms with Gasteiger partial charge in [0, 0.05) is 17.6 Å². The summed E-state index contributed by atoms with van der Waals surface area (Å²) in [6, 6.07) is 7.51. The van der Waals surface area contributed by atoms with Crippen molar-refractivity contribution in [1.82, 2.24) is 4.90 Å². The van der Waals surface area contributed by atoms with E-state index in [1.165, 1.54) is 19.3 Å². The van der Waals surface area contributed by atoms with Crippen LogP contribution in [-0.2, 0) is 4.79 Å². The predicted octanol–water partition coefficient (Wildman–Crippen LogP) is 4.68. The van der Waals surface area contributed by atoms with E-state index in [2.05, 4.69) is 0 Å². The molecule has 1 aromatic rings. The van der Waals surface area contributed by atoms with Crippen LogP contribution < -0.4 is 4.74 Å². The molecule has 0 atom stereocenters. The summed E-state index contributed by atoms with van der Waals surface area (Å²) in [5.74, 6) is 0.735. The zero-order valence-electron chi connectivity index (χ0n) is 13.8. The molecule has 2 rings (SSSR count). The number of hydrogen-bond acceptors (Lipinski definition) is 2. The van der Waals surface area contributed by atoms with Gasteiger partial charge >= 0.3 is 0 Å². The molecule has 0 aromatic heterocycles. The zero-order valence-corrected chi connectivity index (χ0v) is 14.5. The predicted molar refractivity (Wildman–Crippen MR) is 90.4 cm³/mol. The monoisotopic (exact) mass is 323 g/mol. The molecule has 0 heterocycles. The molecule has 1 aromatic carbocycles. The Hall–Kier alpha value is -1.22. The van der Waals surface area contributed by atoms with Crippen molar-refractivity contribution < 1.29 is 9.53 Å². The molecule has 1 aliphatic rings. The van der Waals surface area contributed by atoms with Crippen LogP contribution >= 0.6 is 11.6 Å². The van der Waals surface area contributed by atoms with E-state index in [4.69, 9.17) is 16.3 Å². The van der Waals surface area contributed by atoms with Crippen molar-refractivity contribution in [1.29, 1.82) is 0 Å². The van der Waals surface area contributed by atoms with Gasteiger partial charge in [-0.3, -0.25) is 4.79 Å². The normalized spacial score (nSPS) is 16.4. The molecular weight excluding hydrogens is 298 g/mol. The summed E-state index contributed by atoms with van der Waals surface area (Å²) in [6.45, 7) is 6.46. The first-order valence-electron chi connectivity index (χ1n) is 8.19. The second kappa shape index (κ2) is 7.36. The fourth-order valence-corrected chi connectivity index (χ4v) is 3.27. The van der Waals surface area contributed by atoms with Crippen molar-refractivity contribution in [2.45, 2.75) is 64.5 Å². The summed E-state index contributed by atoms with van der Waals surface area (Å²) < 4.78 is 5.94. The van der Waals surface area contributed by atoms with E-state index >= 15 is 0 Å². The summed E-state index contributed by atoms with van der Waals surface area (Å²) in [7, 11) is 0. The van der Waals surface area contributed by atoms with Crippen LogP contribution in [0.5, 0.6) is 5.75 Å². The lowest BCUT2D eigenvalue weighted by Gasteiger charge is -2.38. The Kier molecular flexibility index (Phi) is 5.74. The number of nitrogens with zero attached hydrogens (tertiary/aromatic N) is 1. The van der Waals surface area contributed by atoms with Gasteiger partial charge in [0.05, 0.1) is 0 Å².